The maximum absolute atomic E-state index is 10.6. The molecule has 0 spiro atoms. The molecule has 1 aliphatic rings. The summed E-state index contributed by atoms with van der Waals surface area (Å²) in [6.45, 7) is -0.0207. The predicted octanol–water partition coefficient (Wildman–Crippen LogP) is 0.617. The summed E-state index contributed by atoms with van der Waals surface area (Å²) in [6, 6.07) is 4.30. The van der Waals surface area contributed by atoms with Crippen molar-refractivity contribution in [2.75, 3.05) is 6.61 Å². The molecule has 0 radical (unpaired) electrons. The Labute approximate surface area is 79.5 Å². The predicted molar refractivity (Wildman–Crippen MR) is 45.7 cm³/mol. The second-order valence-corrected chi connectivity index (χ2v) is 2.89. The Morgan fingerprint density at radius 2 is 2.21 bits per heavy atom. The lowest BCUT2D eigenvalue weighted by atomic mass is 10.2. The fraction of sp³-hybridized carbons (Fsp3) is 0.222. The van der Waals surface area contributed by atoms with E-state index in [-0.39, 0.29) is 18.1 Å². The standard InChI is InChI=1S/C9H8O5/c10-5-1-2-6-7(3-5)14-8(4-13-6)9(11)12/h1-3,8,10H,4H2,(H,11,12)/t8-/m1/s1. The molecule has 0 amide bonds. The third-order valence-electron chi connectivity index (χ3n) is 1.86. The van der Waals surface area contributed by atoms with Crippen LogP contribution < -0.4 is 9.47 Å². The van der Waals surface area contributed by atoms with Gasteiger partial charge in [0.05, 0.1) is 0 Å². The SMILES string of the molecule is O=C(O)[C@H]1COc2ccc(O)cc2O1. The monoisotopic (exact) mass is 196 g/mol. The topological polar surface area (TPSA) is 76.0 Å². The Balaban J connectivity index is 2.29. The first-order valence-electron chi connectivity index (χ1n) is 4.02. The van der Waals surface area contributed by atoms with E-state index < -0.39 is 12.1 Å². The zero-order valence-electron chi connectivity index (χ0n) is 7.14. The molecule has 74 valence electrons. The molecule has 14 heavy (non-hydrogen) atoms. The Bertz CT molecular complexity index is 373. The Morgan fingerprint density at radius 3 is 2.93 bits per heavy atom. The molecule has 0 aromatic heterocycles. The normalized spacial score (nSPS) is 19.0. The van der Waals surface area contributed by atoms with Gasteiger partial charge in [0.25, 0.3) is 0 Å². The number of carboxylic acids is 1. The van der Waals surface area contributed by atoms with E-state index in [4.69, 9.17) is 19.7 Å². The van der Waals surface area contributed by atoms with Crippen LogP contribution in [0.1, 0.15) is 0 Å². The van der Waals surface area contributed by atoms with Crippen LogP contribution in [0.3, 0.4) is 0 Å². The minimum atomic E-state index is -1.08. The highest BCUT2D eigenvalue weighted by molar-refractivity contribution is 5.73. The third-order valence-corrected chi connectivity index (χ3v) is 1.86. The van der Waals surface area contributed by atoms with Crippen molar-refractivity contribution in [1.29, 1.82) is 0 Å². The Hall–Kier alpha value is -1.91. The zero-order valence-corrected chi connectivity index (χ0v) is 7.14. The Kier molecular flexibility index (Phi) is 1.92. The van der Waals surface area contributed by atoms with Gasteiger partial charge in [-0.2, -0.15) is 0 Å². The number of carbonyl (C=O) groups is 1. The molecule has 0 fully saturated rings. The smallest absolute Gasteiger partial charge is 0.348 e. The molecule has 1 aromatic rings. The molecule has 1 atom stereocenters. The third kappa shape index (κ3) is 1.44. The van der Waals surface area contributed by atoms with Gasteiger partial charge in [-0.15, -0.1) is 0 Å². The van der Waals surface area contributed by atoms with Crippen LogP contribution in [0.4, 0.5) is 0 Å². The maximum atomic E-state index is 10.6. The summed E-state index contributed by atoms with van der Waals surface area (Å²) in [5.74, 6) is -0.374. The van der Waals surface area contributed by atoms with Gasteiger partial charge in [-0.25, -0.2) is 4.79 Å². The van der Waals surface area contributed by atoms with Crippen LogP contribution in [-0.4, -0.2) is 28.9 Å². The second-order valence-electron chi connectivity index (χ2n) is 2.89. The number of ether oxygens (including phenoxy) is 2. The van der Waals surface area contributed by atoms with Gasteiger partial charge >= 0.3 is 5.97 Å². The summed E-state index contributed by atoms with van der Waals surface area (Å²) in [6.07, 6.45) is -1.01. The second kappa shape index (κ2) is 3.10. The van der Waals surface area contributed by atoms with Gasteiger partial charge in [-0.1, -0.05) is 0 Å². The van der Waals surface area contributed by atoms with Crippen LogP contribution in [0.15, 0.2) is 18.2 Å². The van der Waals surface area contributed by atoms with Crippen LogP contribution in [0, 0.1) is 0 Å². The number of aliphatic carboxylic acids is 1. The average Bonchev–Trinajstić information content (AvgIpc) is 2.16. The van der Waals surface area contributed by atoms with Gasteiger partial charge in [-0.05, 0) is 12.1 Å². The number of hydrogen-bond donors (Lipinski definition) is 2. The van der Waals surface area contributed by atoms with E-state index >= 15 is 0 Å². The van der Waals surface area contributed by atoms with Gasteiger partial charge in [-0.3, -0.25) is 0 Å². The number of rotatable bonds is 1. The quantitative estimate of drug-likeness (QED) is 0.688. The van der Waals surface area contributed by atoms with E-state index in [1.54, 1.807) is 0 Å². The lowest BCUT2D eigenvalue weighted by Gasteiger charge is -2.23. The van der Waals surface area contributed by atoms with Gasteiger partial charge in [0.15, 0.2) is 11.5 Å². The molecule has 2 N–H and O–H groups in total. The molecule has 1 heterocycles. The summed E-state index contributed by atoms with van der Waals surface area (Å²) in [7, 11) is 0. The van der Waals surface area contributed by atoms with Crippen molar-refractivity contribution < 1.29 is 24.5 Å². The van der Waals surface area contributed by atoms with E-state index in [9.17, 15) is 4.79 Å². The summed E-state index contributed by atoms with van der Waals surface area (Å²) in [5, 5.41) is 17.8. The summed E-state index contributed by atoms with van der Waals surface area (Å²) >= 11 is 0. The highest BCUT2D eigenvalue weighted by Crippen LogP contribution is 2.34. The molecule has 1 aliphatic heterocycles. The maximum Gasteiger partial charge on any atom is 0.348 e. The zero-order chi connectivity index (χ0) is 10.1. The molecule has 0 saturated heterocycles. The first-order valence-corrected chi connectivity index (χ1v) is 4.02. The van der Waals surface area contributed by atoms with Crippen molar-refractivity contribution in [3.05, 3.63) is 18.2 Å². The van der Waals surface area contributed by atoms with Gasteiger partial charge in [0.1, 0.15) is 12.4 Å². The highest BCUT2D eigenvalue weighted by atomic mass is 16.6. The fourth-order valence-electron chi connectivity index (χ4n) is 1.18. The number of benzene rings is 1. The molecular weight excluding hydrogens is 188 g/mol. The minimum absolute atomic E-state index is 0.0124. The number of hydrogen-bond acceptors (Lipinski definition) is 4. The molecule has 0 aliphatic carbocycles. The largest absolute Gasteiger partial charge is 0.508 e. The van der Waals surface area contributed by atoms with E-state index in [0.29, 0.717) is 5.75 Å². The van der Waals surface area contributed by atoms with Crippen LogP contribution >= 0.6 is 0 Å². The number of phenols is 1. The van der Waals surface area contributed by atoms with E-state index in [2.05, 4.69) is 0 Å². The molecule has 1 aromatic carbocycles. The van der Waals surface area contributed by atoms with Crippen LogP contribution in [0.5, 0.6) is 17.2 Å². The summed E-state index contributed by atoms with van der Waals surface area (Å²) < 4.78 is 10.2. The molecule has 2 rings (SSSR count). The first-order chi connectivity index (χ1) is 6.66. The minimum Gasteiger partial charge on any atom is -0.508 e. The summed E-state index contributed by atoms with van der Waals surface area (Å²) in [4.78, 5) is 10.6. The van der Waals surface area contributed by atoms with E-state index in [1.165, 1.54) is 18.2 Å². The van der Waals surface area contributed by atoms with Crippen molar-refractivity contribution in [3.8, 4) is 17.2 Å². The summed E-state index contributed by atoms with van der Waals surface area (Å²) in [5.41, 5.74) is 0. The van der Waals surface area contributed by atoms with Gasteiger partial charge in [0, 0.05) is 6.07 Å². The van der Waals surface area contributed by atoms with Crippen LogP contribution in [0.2, 0.25) is 0 Å². The van der Waals surface area contributed by atoms with Crippen molar-refractivity contribution in [1.82, 2.24) is 0 Å². The lowest BCUT2D eigenvalue weighted by molar-refractivity contribution is -0.147. The average molecular weight is 196 g/mol. The highest BCUT2D eigenvalue weighted by Gasteiger charge is 2.26. The number of phenolic OH excluding ortho intramolecular Hbond substituents is 1. The molecule has 0 bridgehead atoms. The number of carboxylic acid groups (broad SMARTS) is 1. The van der Waals surface area contributed by atoms with Gasteiger partial charge in [0.2, 0.25) is 6.10 Å². The van der Waals surface area contributed by atoms with Crippen molar-refractivity contribution in [3.63, 3.8) is 0 Å². The number of fused-ring (bicyclic) bond motifs is 1. The van der Waals surface area contributed by atoms with Crippen LogP contribution in [-0.2, 0) is 4.79 Å². The first kappa shape index (κ1) is 8.68. The van der Waals surface area contributed by atoms with Crippen molar-refractivity contribution in [2.45, 2.75) is 6.10 Å². The lowest BCUT2D eigenvalue weighted by Crippen LogP contribution is -2.36. The van der Waals surface area contributed by atoms with Crippen LogP contribution in [0.25, 0.3) is 0 Å². The molecule has 5 heteroatoms. The molecule has 0 saturated carbocycles. The number of aromatic hydroxyl groups is 1. The van der Waals surface area contributed by atoms with Crippen molar-refractivity contribution in [2.24, 2.45) is 0 Å². The molecule has 0 unspecified atom stereocenters. The van der Waals surface area contributed by atoms with E-state index in [0.717, 1.165) is 0 Å². The Morgan fingerprint density at radius 1 is 1.43 bits per heavy atom. The van der Waals surface area contributed by atoms with Crippen molar-refractivity contribution >= 4 is 5.97 Å². The molecule has 5 nitrogen and oxygen atoms in total. The van der Waals surface area contributed by atoms with Gasteiger partial charge < -0.3 is 19.7 Å². The molecular formula is C9H8O5. The van der Waals surface area contributed by atoms with E-state index in [1.807, 2.05) is 0 Å². The fourth-order valence-corrected chi connectivity index (χ4v) is 1.18.